The summed E-state index contributed by atoms with van der Waals surface area (Å²) in [4.78, 5) is 26.7. The van der Waals surface area contributed by atoms with Crippen LogP contribution in [0.1, 0.15) is 23.2 Å². The average molecular weight is 471 g/mol. The highest BCUT2D eigenvalue weighted by molar-refractivity contribution is 7.89. The first-order valence-electron chi connectivity index (χ1n) is 10.4. The third-order valence-electron chi connectivity index (χ3n) is 5.68. The summed E-state index contributed by atoms with van der Waals surface area (Å²) in [6, 6.07) is 19.3. The van der Waals surface area contributed by atoms with Gasteiger partial charge in [-0.2, -0.15) is 4.31 Å². The molecule has 1 fully saturated rings. The summed E-state index contributed by atoms with van der Waals surface area (Å²) in [7, 11) is -3.64. The van der Waals surface area contributed by atoms with E-state index in [9.17, 15) is 18.0 Å². The van der Waals surface area contributed by atoms with Crippen LogP contribution in [0.4, 0.5) is 0 Å². The molecule has 166 valence electrons. The van der Waals surface area contributed by atoms with Crippen LogP contribution in [0.15, 0.2) is 71.6 Å². The number of sulfonamides is 1. The molecule has 0 N–H and O–H groups in total. The molecule has 8 heteroatoms. The average Bonchev–Trinajstić information content (AvgIpc) is 2.82. The van der Waals surface area contributed by atoms with Crippen LogP contribution in [0.2, 0.25) is 5.02 Å². The van der Waals surface area contributed by atoms with Gasteiger partial charge >= 0.3 is 0 Å². The Morgan fingerprint density at radius 2 is 1.47 bits per heavy atom. The highest BCUT2D eigenvalue weighted by atomic mass is 35.5. The van der Waals surface area contributed by atoms with Gasteiger partial charge in [0.25, 0.3) is 0 Å². The number of amides is 1. The quantitative estimate of drug-likeness (QED) is 0.510. The van der Waals surface area contributed by atoms with E-state index < -0.39 is 10.0 Å². The van der Waals surface area contributed by atoms with E-state index >= 15 is 0 Å². The zero-order chi connectivity index (χ0) is 22.7. The minimum Gasteiger partial charge on any atom is -0.340 e. The van der Waals surface area contributed by atoms with E-state index in [1.54, 1.807) is 47.4 Å². The molecule has 32 heavy (non-hydrogen) atoms. The fraction of sp³-hybridized carbons (Fsp3) is 0.250. The molecule has 6 nitrogen and oxygen atoms in total. The summed E-state index contributed by atoms with van der Waals surface area (Å²) in [5.74, 6) is -0.261. The van der Waals surface area contributed by atoms with Crippen LogP contribution in [0.25, 0.3) is 10.8 Å². The number of halogens is 1. The molecule has 3 aromatic carbocycles. The van der Waals surface area contributed by atoms with Crippen molar-refractivity contribution >= 4 is 44.1 Å². The van der Waals surface area contributed by atoms with Crippen molar-refractivity contribution in [2.24, 2.45) is 0 Å². The first kappa shape index (κ1) is 22.5. The second-order valence-corrected chi connectivity index (χ2v) is 10.1. The largest absolute Gasteiger partial charge is 0.340 e. The number of nitrogens with zero attached hydrogens (tertiary/aromatic N) is 2. The first-order valence-corrected chi connectivity index (χ1v) is 12.2. The molecular formula is C24H23ClN2O4S. The van der Waals surface area contributed by atoms with E-state index in [1.165, 1.54) is 4.31 Å². The summed E-state index contributed by atoms with van der Waals surface area (Å²) in [6.07, 6.45) is 0.203. The van der Waals surface area contributed by atoms with Gasteiger partial charge < -0.3 is 4.90 Å². The number of piperazine rings is 1. The van der Waals surface area contributed by atoms with Crippen LogP contribution in [-0.2, 0) is 14.8 Å². The Morgan fingerprint density at radius 3 is 2.16 bits per heavy atom. The van der Waals surface area contributed by atoms with Gasteiger partial charge in [-0.25, -0.2) is 8.42 Å². The lowest BCUT2D eigenvalue weighted by molar-refractivity contribution is -0.132. The van der Waals surface area contributed by atoms with Crippen LogP contribution in [-0.4, -0.2) is 55.5 Å². The van der Waals surface area contributed by atoms with Crippen molar-refractivity contribution in [2.75, 3.05) is 26.2 Å². The normalized spacial score (nSPS) is 15.1. The van der Waals surface area contributed by atoms with Crippen molar-refractivity contribution in [1.29, 1.82) is 0 Å². The molecule has 0 unspecified atom stereocenters. The number of benzene rings is 3. The number of hydrogen-bond donors (Lipinski definition) is 0. The Hall–Kier alpha value is -2.74. The van der Waals surface area contributed by atoms with Crippen molar-refractivity contribution < 1.29 is 18.0 Å². The third-order valence-corrected chi connectivity index (χ3v) is 7.83. The maximum Gasteiger partial charge on any atom is 0.243 e. The topological polar surface area (TPSA) is 74.8 Å². The van der Waals surface area contributed by atoms with Gasteiger partial charge in [-0.1, -0.05) is 41.9 Å². The summed E-state index contributed by atoms with van der Waals surface area (Å²) in [6.45, 7) is 1.07. The Kier molecular flexibility index (Phi) is 6.60. The lowest BCUT2D eigenvalue weighted by Gasteiger charge is -2.34. The first-order chi connectivity index (χ1) is 15.3. The summed E-state index contributed by atoms with van der Waals surface area (Å²) < 4.78 is 27.6. The van der Waals surface area contributed by atoms with Gasteiger partial charge in [0.1, 0.15) is 0 Å². The maximum atomic E-state index is 13.1. The van der Waals surface area contributed by atoms with Gasteiger partial charge in [0.05, 0.1) is 4.90 Å². The van der Waals surface area contributed by atoms with Crippen molar-refractivity contribution in [1.82, 2.24) is 9.21 Å². The minimum atomic E-state index is -3.64. The zero-order valence-electron chi connectivity index (χ0n) is 17.4. The van der Waals surface area contributed by atoms with Crippen LogP contribution in [0.3, 0.4) is 0 Å². The Balaban J connectivity index is 1.34. The highest BCUT2D eigenvalue weighted by Gasteiger charge is 2.30. The molecule has 1 aliphatic heterocycles. The zero-order valence-corrected chi connectivity index (χ0v) is 19.0. The number of Topliss-reactive ketones (excluding diaryl/α,β-unsaturated/α-hetero) is 1. The smallest absolute Gasteiger partial charge is 0.243 e. The summed E-state index contributed by atoms with van der Waals surface area (Å²) in [5, 5.41) is 2.40. The number of fused-ring (bicyclic) bond motifs is 1. The molecule has 0 atom stereocenters. The Labute approximate surface area is 192 Å². The van der Waals surface area contributed by atoms with Crippen LogP contribution in [0.5, 0.6) is 0 Å². The van der Waals surface area contributed by atoms with Crippen molar-refractivity contribution in [3.05, 3.63) is 77.3 Å². The van der Waals surface area contributed by atoms with Gasteiger partial charge in [-0.15, -0.1) is 0 Å². The molecule has 0 bridgehead atoms. The van der Waals surface area contributed by atoms with E-state index in [4.69, 9.17) is 11.6 Å². The molecule has 1 aliphatic rings. The summed E-state index contributed by atoms with van der Waals surface area (Å²) >= 11 is 5.84. The fourth-order valence-corrected chi connectivity index (χ4v) is 5.40. The highest BCUT2D eigenvalue weighted by Crippen LogP contribution is 2.23. The van der Waals surface area contributed by atoms with Gasteiger partial charge in [0.15, 0.2) is 5.78 Å². The standard InChI is InChI=1S/C24H23ClN2O4S/c25-21-8-5-19(6-9-21)23(28)11-12-24(29)26-13-15-27(16-14-26)32(30,31)22-10-7-18-3-1-2-4-20(18)17-22/h1-10,17H,11-16H2. The maximum absolute atomic E-state index is 13.1. The van der Waals surface area contributed by atoms with E-state index in [2.05, 4.69) is 0 Å². The SMILES string of the molecule is O=C(CCC(=O)N1CCN(S(=O)(=O)c2ccc3ccccc3c2)CC1)c1ccc(Cl)cc1. The lowest BCUT2D eigenvalue weighted by atomic mass is 10.1. The number of hydrogen-bond acceptors (Lipinski definition) is 4. The monoisotopic (exact) mass is 470 g/mol. The van der Waals surface area contributed by atoms with Crippen molar-refractivity contribution in [3.8, 4) is 0 Å². The predicted octanol–water partition coefficient (Wildman–Crippen LogP) is 3.99. The molecule has 0 radical (unpaired) electrons. The van der Waals surface area contributed by atoms with Gasteiger partial charge in [0, 0.05) is 49.6 Å². The van der Waals surface area contributed by atoms with E-state index in [1.807, 2.05) is 24.3 Å². The van der Waals surface area contributed by atoms with E-state index in [-0.39, 0.29) is 42.5 Å². The van der Waals surface area contributed by atoms with Gasteiger partial charge in [-0.3, -0.25) is 9.59 Å². The molecular weight excluding hydrogens is 448 g/mol. The second-order valence-electron chi connectivity index (χ2n) is 7.72. The molecule has 0 aliphatic carbocycles. The Morgan fingerprint density at radius 1 is 0.812 bits per heavy atom. The van der Waals surface area contributed by atoms with Crippen molar-refractivity contribution in [2.45, 2.75) is 17.7 Å². The number of rotatable bonds is 6. The van der Waals surface area contributed by atoms with Crippen LogP contribution in [0, 0.1) is 0 Å². The molecule has 0 aromatic heterocycles. The van der Waals surface area contributed by atoms with E-state index in [0.29, 0.717) is 23.7 Å². The van der Waals surface area contributed by atoms with E-state index in [0.717, 1.165) is 10.8 Å². The molecule has 0 spiro atoms. The van der Waals surface area contributed by atoms with Gasteiger partial charge in [0.2, 0.25) is 15.9 Å². The molecule has 1 saturated heterocycles. The molecule has 1 amide bonds. The van der Waals surface area contributed by atoms with Crippen molar-refractivity contribution in [3.63, 3.8) is 0 Å². The molecule has 4 rings (SSSR count). The third kappa shape index (κ3) is 4.85. The fourth-order valence-electron chi connectivity index (χ4n) is 3.81. The number of carbonyl (C=O) groups is 2. The molecule has 1 heterocycles. The van der Waals surface area contributed by atoms with Crippen LogP contribution >= 0.6 is 11.6 Å². The lowest BCUT2D eigenvalue weighted by Crippen LogP contribution is -2.50. The number of carbonyl (C=O) groups excluding carboxylic acids is 2. The summed E-state index contributed by atoms with van der Waals surface area (Å²) in [5.41, 5.74) is 0.522. The molecule has 3 aromatic rings. The minimum absolute atomic E-state index is 0.0961. The van der Waals surface area contributed by atoms with Gasteiger partial charge in [-0.05, 0) is 47.2 Å². The van der Waals surface area contributed by atoms with Crippen LogP contribution < -0.4 is 0 Å². The molecule has 0 saturated carbocycles. The Bertz CT molecular complexity index is 1250. The second kappa shape index (κ2) is 9.40. The number of ketones is 1. The predicted molar refractivity (Wildman–Crippen MR) is 124 cm³/mol.